The van der Waals surface area contributed by atoms with Crippen LogP contribution in [0.15, 0.2) is 47.8 Å². The summed E-state index contributed by atoms with van der Waals surface area (Å²) in [6, 6.07) is 13.2. The number of nitrogens with one attached hydrogen (secondary N) is 1. The lowest BCUT2D eigenvalue weighted by molar-refractivity contribution is -0.127. The average molecular weight is 479 g/mol. The van der Waals surface area contributed by atoms with Gasteiger partial charge in [0, 0.05) is 17.8 Å². The molecule has 178 valence electrons. The molecule has 2 amide bonds. The molecule has 1 atom stereocenters. The fraction of sp³-hybridized carbons (Fsp3) is 0.423. The molecule has 1 unspecified atom stereocenters. The van der Waals surface area contributed by atoms with Gasteiger partial charge in [-0.2, -0.15) is 5.10 Å². The van der Waals surface area contributed by atoms with Crippen LogP contribution in [-0.4, -0.2) is 40.3 Å². The molecule has 0 spiro atoms. The largest absolute Gasteiger partial charge is 0.497 e. The first-order valence-corrected chi connectivity index (χ1v) is 12.8. The normalized spacial score (nSPS) is 21.1. The molecule has 1 N–H and O–H groups in total. The number of carbonyl (C=O) groups is 2. The number of thiophene rings is 1. The van der Waals surface area contributed by atoms with Crippen molar-refractivity contribution in [2.45, 2.75) is 63.6 Å². The molecule has 1 aliphatic carbocycles. The van der Waals surface area contributed by atoms with Crippen molar-refractivity contribution in [2.24, 2.45) is 0 Å². The second-order valence-corrected chi connectivity index (χ2v) is 10.3. The number of methoxy groups -OCH3 is 1. The summed E-state index contributed by atoms with van der Waals surface area (Å²) >= 11 is 1.58. The van der Waals surface area contributed by atoms with Gasteiger partial charge in [-0.05, 0) is 49.4 Å². The number of hydrogen-bond acceptors (Lipinski definition) is 5. The predicted octanol–water partition coefficient (Wildman–Crippen LogP) is 4.88. The minimum atomic E-state index is -1.14. The van der Waals surface area contributed by atoms with Crippen LogP contribution in [-0.2, 0) is 11.3 Å². The van der Waals surface area contributed by atoms with E-state index in [4.69, 9.17) is 9.84 Å². The predicted molar refractivity (Wildman–Crippen MR) is 133 cm³/mol. The van der Waals surface area contributed by atoms with Gasteiger partial charge in [0.15, 0.2) is 0 Å². The third kappa shape index (κ3) is 4.11. The van der Waals surface area contributed by atoms with Crippen LogP contribution in [0.3, 0.4) is 0 Å². The van der Waals surface area contributed by atoms with E-state index in [1.807, 2.05) is 48.7 Å². The fourth-order valence-corrected chi connectivity index (χ4v) is 5.73. The Hall–Kier alpha value is -3.13. The third-order valence-electron chi connectivity index (χ3n) is 6.92. The van der Waals surface area contributed by atoms with E-state index in [9.17, 15) is 9.59 Å². The zero-order valence-electron chi connectivity index (χ0n) is 19.6. The minimum absolute atomic E-state index is 0.134. The summed E-state index contributed by atoms with van der Waals surface area (Å²) in [4.78, 5) is 30.4. The molecule has 8 heteroatoms. The standard InChI is InChI=1S/C26H30N4O3S/c1-26(25(32)27-18-9-5-3-4-6-10-18)17-29-22(16-21(28-29)23-13-8-14-34-23)24(31)30(26)19-11-7-12-20(15-19)33-2/h7-8,11-16,18H,3-6,9-10,17H2,1-2H3,(H,27,32). The van der Waals surface area contributed by atoms with Gasteiger partial charge in [0.1, 0.15) is 22.7 Å². The number of carbonyl (C=O) groups excluding carboxylic acids is 2. The van der Waals surface area contributed by atoms with Crippen molar-refractivity contribution in [2.75, 3.05) is 12.0 Å². The summed E-state index contributed by atoms with van der Waals surface area (Å²) in [5.41, 5.74) is 0.720. The Kier molecular flexibility index (Phi) is 6.16. The van der Waals surface area contributed by atoms with Crippen LogP contribution in [0.1, 0.15) is 55.9 Å². The molecule has 34 heavy (non-hydrogen) atoms. The van der Waals surface area contributed by atoms with E-state index in [-0.39, 0.29) is 24.4 Å². The fourth-order valence-electron chi connectivity index (χ4n) is 5.04. The first kappa shape index (κ1) is 22.7. The molecule has 1 aliphatic heterocycles. The van der Waals surface area contributed by atoms with Gasteiger partial charge < -0.3 is 10.1 Å². The number of benzene rings is 1. The summed E-state index contributed by atoms with van der Waals surface area (Å²) in [6.07, 6.45) is 6.61. The van der Waals surface area contributed by atoms with Gasteiger partial charge in [0.2, 0.25) is 5.91 Å². The van der Waals surface area contributed by atoms with Gasteiger partial charge >= 0.3 is 0 Å². The molecule has 2 aliphatic rings. The summed E-state index contributed by atoms with van der Waals surface area (Å²) in [5.74, 6) is 0.248. The number of hydrogen-bond donors (Lipinski definition) is 1. The maximum absolute atomic E-state index is 13.9. The summed E-state index contributed by atoms with van der Waals surface area (Å²) in [5, 5.41) is 9.99. The topological polar surface area (TPSA) is 76.5 Å². The van der Waals surface area contributed by atoms with E-state index in [0.717, 1.165) is 36.3 Å². The molecule has 1 saturated carbocycles. The van der Waals surface area contributed by atoms with Crippen molar-refractivity contribution in [3.8, 4) is 16.3 Å². The molecule has 1 aromatic carbocycles. The van der Waals surface area contributed by atoms with Gasteiger partial charge in [0.25, 0.3) is 5.91 Å². The maximum atomic E-state index is 13.9. The summed E-state index contributed by atoms with van der Waals surface area (Å²) in [6.45, 7) is 2.11. The van der Waals surface area contributed by atoms with Crippen molar-refractivity contribution in [1.82, 2.24) is 15.1 Å². The van der Waals surface area contributed by atoms with E-state index >= 15 is 0 Å². The molecule has 5 rings (SSSR count). The zero-order valence-corrected chi connectivity index (χ0v) is 20.4. The molecule has 2 aromatic heterocycles. The zero-order chi connectivity index (χ0) is 23.7. The van der Waals surface area contributed by atoms with Crippen LogP contribution in [0.2, 0.25) is 0 Å². The highest BCUT2D eigenvalue weighted by Gasteiger charge is 2.49. The third-order valence-corrected chi connectivity index (χ3v) is 7.81. The van der Waals surface area contributed by atoms with Crippen molar-refractivity contribution in [3.05, 3.63) is 53.5 Å². The van der Waals surface area contributed by atoms with Gasteiger partial charge in [-0.3, -0.25) is 19.2 Å². The maximum Gasteiger partial charge on any atom is 0.277 e. The number of nitrogens with zero attached hydrogens (tertiary/aromatic N) is 3. The summed E-state index contributed by atoms with van der Waals surface area (Å²) in [7, 11) is 1.59. The van der Waals surface area contributed by atoms with Crippen molar-refractivity contribution < 1.29 is 14.3 Å². The Morgan fingerprint density at radius 2 is 1.94 bits per heavy atom. The average Bonchev–Trinajstić information content (AvgIpc) is 3.45. The Bertz CT molecular complexity index is 1180. The van der Waals surface area contributed by atoms with Crippen LogP contribution in [0.4, 0.5) is 5.69 Å². The number of aromatic nitrogens is 2. The van der Waals surface area contributed by atoms with E-state index in [2.05, 4.69) is 5.32 Å². The number of fused-ring (bicyclic) bond motifs is 1. The lowest BCUT2D eigenvalue weighted by atomic mass is 9.93. The number of rotatable bonds is 5. The molecular weight excluding hydrogens is 448 g/mol. The van der Waals surface area contributed by atoms with Gasteiger partial charge in [-0.25, -0.2) is 0 Å². The van der Waals surface area contributed by atoms with Crippen LogP contribution >= 0.6 is 11.3 Å². The molecule has 7 nitrogen and oxygen atoms in total. The molecule has 0 radical (unpaired) electrons. The molecule has 0 bridgehead atoms. The highest BCUT2D eigenvalue weighted by Crippen LogP contribution is 2.36. The molecule has 3 aromatic rings. The number of amides is 2. The Labute approximate surface area is 203 Å². The van der Waals surface area contributed by atoms with E-state index in [0.29, 0.717) is 17.1 Å². The number of anilines is 1. The van der Waals surface area contributed by atoms with E-state index in [1.54, 1.807) is 34.1 Å². The lowest BCUT2D eigenvalue weighted by Crippen LogP contribution is -2.65. The highest BCUT2D eigenvalue weighted by atomic mass is 32.1. The SMILES string of the molecule is COc1cccc(N2C(=O)c3cc(-c4cccs4)nn3CC2(C)C(=O)NC2CCCCCC2)c1. The monoisotopic (exact) mass is 478 g/mol. The van der Waals surface area contributed by atoms with Crippen molar-refractivity contribution in [3.63, 3.8) is 0 Å². The van der Waals surface area contributed by atoms with Gasteiger partial charge in [-0.15, -0.1) is 11.3 Å². The molecular formula is C26H30N4O3S. The molecule has 3 heterocycles. The Morgan fingerprint density at radius 3 is 2.65 bits per heavy atom. The second kappa shape index (κ2) is 9.25. The second-order valence-electron chi connectivity index (χ2n) is 9.33. The molecule has 0 saturated heterocycles. The van der Waals surface area contributed by atoms with Crippen LogP contribution < -0.4 is 15.0 Å². The smallest absolute Gasteiger partial charge is 0.277 e. The van der Waals surface area contributed by atoms with Crippen molar-refractivity contribution in [1.29, 1.82) is 0 Å². The van der Waals surface area contributed by atoms with E-state index in [1.165, 1.54) is 12.8 Å². The Morgan fingerprint density at radius 1 is 1.15 bits per heavy atom. The van der Waals surface area contributed by atoms with Crippen LogP contribution in [0.5, 0.6) is 5.75 Å². The van der Waals surface area contributed by atoms with Crippen molar-refractivity contribution >= 4 is 28.8 Å². The van der Waals surface area contributed by atoms with Crippen LogP contribution in [0.25, 0.3) is 10.6 Å². The summed E-state index contributed by atoms with van der Waals surface area (Å²) < 4.78 is 7.11. The van der Waals surface area contributed by atoms with Gasteiger partial charge in [0.05, 0.1) is 18.5 Å². The minimum Gasteiger partial charge on any atom is -0.497 e. The first-order valence-electron chi connectivity index (χ1n) is 11.9. The highest BCUT2D eigenvalue weighted by molar-refractivity contribution is 7.13. The molecule has 1 fully saturated rings. The lowest BCUT2D eigenvalue weighted by Gasteiger charge is -2.43. The quantitative estimate of drug-likeness (QED) is 0.531. The Balaban J connectivity index is 1.55. The van der Waals surface area contributed by atoms with E-state index < -0.39 is 5.54 Å². The first-order chi connectivity index (χ1) is 16.5. The van der Waals surface area contributed by atoms with Gasteiger partial charge in [-0.1, -0.05) is 37.8 Å². The van der Waals surface area contributed by atoms with Crippen LogP contribution in [0, 0.1) is 0 Å². The number of ether oxygens (including phenoxy) is 1.